The number of carbonyl (C=O) groups excluding carboxylic acids is 2. The Morgan fingerprint density at radius 2 is 1.80 bits per heavy atom. The van der Waals surface area contributed by atoms with Gasteiger partial charge < -0.3 is 50.9 Å². The molecule has 1 fully saturated rings. The maximum Gasteiger partial charge on any atom is 0.352 e. The third-order valence-electron chi connectivity index (χ3n) is 7.29. The van der Waals surface area contributed by atoms with E-state index in [2.05, 4.69) is 25.7 Å². The van der Waals surface area contributed by atoms with Gasteiger partial charge in [-0.25, -0.2) is 14.6 Å². The molecule has 3 atom stereocenters. The predicted octanol–water partition coefficient (Wildman–Crippen LogP) is 1.68. The van der Waals surface area contributed by atoms with Crippen molar-refractivity contribution in [2.24, 2.45) is 5.16 Å². The fraction of sp³-hybridized carbons (Fsp3) is 0.172. The van der Waals surface area contributed by atoms with Gasteiger partial charge in [-0.2, -0.15) is 0 Å². The second kappa shape index (κ2) is 14.1. The first kappa shape index (κ1) is 34.8. The van der Waals surface area contributed by atoms with E-state index in [-0.39, 0.29) is 56.2 Å². The summed E-state index contributed by atoms with van der Waals surface area (Å²) in [5.74, 6) is -6.29. The predicted molar refractivity (Wildman–Crippen MR) is 178 cm³/mol. The Balaban J connectivity index is 1.17. The Kier molecular flexibility index (Phi) is 9.62. The Bertz CT molecular complexity index is 2130. The van der Waals surface area contributed by atoms with Crippen molar-refractivity contribution < 1.29 is 59.1 Å². The number of β-lactam (4-membered cyclic amide) rings is 1. The fourth-order valence-electron chi connectivity index (χ4n) is 4.85. The molecule has 2 aliphatic rings. The van der Waals surface area contributed by atoms with Crippen molar-refractivity contribution in [3.8, 4) is 34.5 Å². The van der Waals surface area contributed by atoms with Crippen molar-refractivity contribution in [3.05, 3.63) is 64.3 Å². The molecule has 4 aromatic rings. The van der Waals surface area contributed by atoms with Gasteiger partial charge in [0.25, 0.3) is 17.0 Å². The molecule has 1 saturated heterocycles. The summed E-state index contributed by atoms with van der Waals surface area (Å²) < 4.78 is 5.59. The second-order valence-electron chi connectivity index (χ2n) is 10.6. The number of oxime groups is 1. The number of nitrogens with two attached hydrogens (primary N) is 1. The van der Waals surface area contributed by atoms with Crippen LogP contribution in [-0.2, 0) is 24.0 Å². The van der Waals surface area contributed by atoms with Crippen LogP contribution in [0.2, 0.25) is 0 Å². The fourth-order valence-corrected chi connectivity index (χ4v) is 7.65. The summed E-state index contributed by atoms with van der Waals surface area (Å²) in [6, 6.07) is 5.86. The van der Waals surface area contributed by atoms with Crippen LogP contribution in [0.3, 0.4) is 0 Å². The third-order valence-corrected chi connectivity index (χ3v) is 10.2. The quantitative estimate of drug-likeness (QED) is 0.0335. The van der Waals surface area contributed by atoms with Crippen LogP contribution in [0.5, 0.6) is 23.0 Å². The smallest absolute Gasteiger partial charge is 0.352 e. The molecule has 19 nitrogen and oxygen atoms in total. The number of nitrogen functional groups attached to an aromatic ring is 1. The number of aliphatic carboxylic acids is 2. The Morgan fingerprint density at radius 3 is 2.45 bits per heavy atom. The summed E-state index contributed by atoms with van der Waals surface area (Å²) in [5, 5.41) is 73.1. The summed E-state index contributed by atoms with van der Waals surface area (Å²) >= 11 is 3.14. The zero-order valence-corrected chi connectivity index (χ0v) is 27.8. The van der Waals surface area contributed by atoms with Gasteiger partial charge in [0, 0.05) is 28.0 Å². The number of phenols is 4. The summed E-state index contributed by atoms with van der Waals surface area (Å²) in [6.45, 7) is 0. The molecule has 0 radical (unpaired) electrons. The lowest BCUT2D eigenvalue weighted by molar-refractivity contribution is -0.151. The van der Waals surface area contributed by atoms with Gasteiger partial charge in [-0.3, -0.25) is 14.5 Å². The van der Waals surface area contributed by atoms with Gasteiger partial charge in [0.05, 0.1) is 0 Å². The first-order chi connectivity index (χ1) is 24.3. The summed E-state index contributed by atoms with van der Waals surface area (Å²) in [6.07, 6.45) is -1.84. The number of thioether (sulfide) groups is 2. The van der Waals surface area contributed by atoms with E-state index in [0.717, 1.165) is 46.2 Å². The van der Waals surface area contributed by atoms with Crippen molar-refractivity contribution in [1.82, 2.24) is 25.4 Å². The Labute approximate surface area is 297 Å². The molecule has 9 N–H and O–H groups in total. The van der Waals surface area contributed by atoms with Gasteiger partial charge in [0.1, 0.15) is 22.8 Å². The minimum atomic E-state index is -1.84. The normalized spacial score (nSPS) is 17.8. The van der Waals surface area contributed by atoms with Gasteiger partial charge in [-0.1, -0.05) is 23.0 Å². The number of phenolic OH excluding ortho intramolecular Hbond substituents is 4. The monoisotopic (exact) mass is 757 g/mol. The Morgan fingerprint density at radius 1 is 1.08 bits per heavy atom. The molecule has 0 spiro atoms. The topological polar surface area (TPSA) is 304 Å². The van der Waals surface area contributed by atoms with E-state index in [4.69, 9.17) is 15.0 Å². The lowest BCUT2D eigenvalue weighted by Gasteiger charge is -2.49. The second-order valence-corrected chi connectivity index (χ2v) is 13.5. The van der Waals surface area contributed by atoms with Crippen LogP contribution in [0.4, 0.5) is 5.13 Å². The number of carboxylic acid groups (broad SMARTS) is 2. The van der Waals surface area contributed by atoms with Gasteiger partial charge in [-0.05, 0) is 35.9 Å². The molecule has 2 aromatic carbocycles. The zero-order valence-electron chi connectivity index (χ0n) is 25.4. The number of anilines is 1. The number of thiazole rings is 1. The van der Waals surface area contributed by atoms with Crippen LogP contribution < -0.4 is 11.1 Å². The first-order valence-corrected chi connectivity index (χ1v) is 17.1. The van der Waals surface area contributed by atoms with Crippen LogP contribution in [0.15, 0.2) is 67.8 Å². The minimum absolute atomic E-state index is 0.0375. The number of benzene rings is 2. The largest absolute Gasteiger partial charge is 0.504 e. The van der Waals surface area contributed by atoms with Crippen LogP contribution in [-0.4, -0.2) is 103 Å². The number of carboxylic acids is 2. The number of aromatic nitrogens is 3. The van der Waals surface area contributed by atoms with E-state index in [0.29, 0.717) is 11.1 Å². The SMILES string of the molecule is Nc1nc(/C(=N/OC(C(=O)O)c2ccc(O)c(O)c2)C(=O)N[C@@H]2C(=O)N3C(C(=O)O)=C(CSc4nnc(-c5ccc(O)c(O)c5)o4)CS[C@H]23)cs1. The number of fused-ring (bicyclic) bond motifs is 1. The maximum atomic E-state index is 13.5. The summed E-state index contributed by atoms with van der Waals surface area (Å²) in [4.78, 5) is 61.4. The number of aromatic hydroxyl groups is 4. The van der Waals surface area contributed by atoms with Gasteiger partial charge in [-0.15, -0.1) is 33.3 Å². The van der Waals surface area contributed by atoms with Crippen molar-refractivity contribution >= 4 is 69.5 Å². The number of hydrogen-bond acceptors (Lipinski definition) is 18. The molecular formula is C29H23N7O12S3. The van der Waals surface area contributed by atoms with E-state index in [1.165, 1.54) is 35.3 Å². The summed E-state index contributed by atoms with van der Waals surface area (Å²) in [7, 11) is 0. The highest BCUT2D eigenvalue weighted by molar-refractivity contribution is 8.01. The molecule has 0 aliphatic carbocycles. The van der Waals surface area contributed by atoms with Crippen molar-refractivity contribution in [1.29, 1.82) is 0 Å². The number of hydrogen-bond donors (Lipinski definition) is 8. The highest BCUT2D eigenvalue weighted by Crippen LogP contribution is 2.42. The number of carbonyl (C=O) groups is 4. The molecule has 2 aromatic heterocycles. The van der Waals surface area contributed by atoms with Crippen LogP contribution >= 0.6 is 34.9 Å². The molecule has 2 aliphatic heterocycles. The molecule has 2 amide bonds. The molecule has 0 saturated carbocycles. The highest BCUT2D eigenvalue weighted by atomic mass is 32.2. The lowest BCUT2D eigenvalue weighted by Crippen LogP contribution is -2.71. The lowest BCUT2D eigenvalue weighted by atomic mass is 10.0. The molecule has 264 valence electrons. The van der Waals surface area contributed by atoms with E-state index >= 15 is 0 Å². The maximum absolute atomic E-state index is 13.5. The first-order valence-electron chi connectivity index (χ1n) is 14.2. The molecule has 1 unspecified atom stereocenters. The molecule has 4 heterocycles. The number of nitrogens with one attached hydrogen (secondary N) is 1. The van der Waals surface area contributed by atoms with Crippen molar-refractivity contribution in [3.63, 3.8) is 0 Å². The van der Waals surface area contributed by atoms with E-state index in [1.807, 2.05) is 0 Å². The molecule has 6 rings (SSSR count). The molecular weight excluding hydrogens is 735 g/mol. The van der Waals surface area contributed by atoms with E-state index in [9.17, 15) is 49.8 Å². The van der Waals surface area contributed by atoms with Crippen molar-refractivity contribution in [2.75, 3.05) is 17.2 Å². The minimum Gasteiger partial charge on any atom is -0.504 e. The third kappa shape index (κ3) is 7.04. The molecule has 22 heteroatoms. The standard InChI is InChI=1S/C29H23N7O12S3/c30-28-31-13(9-50-28)18(35-48-21(27(45)46)10-1-3-14(37)16(39)5-10)22(41)32-19-24(42)36-20(26(43)44)12(7-49-25(19)36)8-51-29-34-33-23(47-29)11-2-4-15(38)17(40)6-11/h1-6,9,19,21,25,37-40H,7-8H2,(H2,30,31)(H,32,41)(H,43,44)(H,45,46)/b35-18-/t19-,21?,25-/m1/s1. The Hall–Kier alpha value is -6.00. The van der Waals surface area contributed by atoms with Crippen LogP contribution in [0.25, 0.3) is 11.5 Å². The number of nitrogens with zero attached hydrogens (tertiary/aromatic N) is 5. The van der Waals surface area contributed by atoms with Crippen LogP contribution in [0.1, 0.15) is 17.4 Å². The summed E-state index contributed by atoms with van der Waals surface area (Å²) in [5.41, 5.74) is 5.37. The van der Waals surface area contributed by atoms with Gasteiger partial charge in [0.15, 0.2) is 33.8 Å². The van der Waals surface area contributed by atoms with Crippen molar-refractivity contribution in [2.45, 2.75) is 22.7 Å². The van der Waals surface area contributed by atoms with E-state index < -0.39 is 58.5 Å². The van der Waals surface area contributed by atoms with Gasteiger partial charge in [0.2, 0.25) is 12.0 Å². The molecule has 51 heavy (non-hydrogen) atoms. The number of amides is 2. The average molecular weight is 758 g/mol. The average Bonchev–Trinajstić information content (AvgIpc) is 3.75. The molecule has 0 bridgehead atoms. The van der Waals surface area contributed by atoms with Crippen LogP contribution in [0, 0.1) is 0 Å². The zero-order chi connectivity index (χ0) is 36.6. The highest BCUT2D eigenvalue weighted by Gasteiger charge is 2.54. The van der Waals surface area contributed by atoms with Gasteiger partial charge >= 0.3 is 11.9 Å². The number of rotatable bonds is 12. The van der Waals surface area contributed by atoms with E-state index in [1.54, 1.807) is 0 Å².